The number of hydrogen-bond acceptors (Lipinski definition) is 1. The highest BCUT2D eigenvalue weighted by Gasteiger charge is 2.20. The molecule has 1 saturated carbocycles. The summed E-state index contributed by atoms with van der Waals surface area (Å²) in [5, 5.41) is 6.35. The lowest BCUT2D eigenvalue weighted by molar-refractivity contribution is 0.579. The van der Waals surface area contributed by atoms with Crippen LogP contribution in [-0.4, -0.2) is 25.6 Å². The third-order valence-corrected chi connectivity index (χ3v) is 3.18. The average Bonchev–Trinajstić information content (AvgIpc) is 3.18. The summed E-state index contributed by atoms with van der Waals surface area (Å²) >= 11 is 0. The number of rotatable bonds is 6. The minimum absolute atomic E-state index is 0.533. The van der Waals surface area contributed by atoms with Crippen LogP contribution in [0.4, 0.5) is 8.78 Å². The van der Waals surface area contributed by atoms with Crippen LogP contribution in [0.15, 0.2) is 23.2 Å². The molecule has 1 aromatic carbocycles. The molecule has 2 rings (SSSR count). The van der Waals surface area contributed by atoms with Gasteiger partial charge in [0.15, 0.2) is 5.96 Å². The number of nitrogens with zero attached hydrogens (tertiary/aromatic N) is 1. The number of guanidine groups is 1. The van der Waals surface area contributed by atoms with Gasteiger partial charge in [-0.15, -0.1) is 0 Å². The van der Waals surface area contributed by atoms with E-state index in [0.29, 0.717) is 18.5 Å². The molecule has 0 aromatic heterocycles. The predicted molar refractivity (Wildman–Crippen MR) is 76.8 cm³/mol. The lowest BCUT2D eigenvalue weighted by atomic mass is 10.1. The Morgan fingerprint density at radius 3 is 2.50 bits per heavy atom. The first-order valence-electron chi connectivity index (χ1n) is 7.14. The molecular weight excluding hydrogens is 260 g/mol. The molecule has 2 N–H and O–H groups in total. The van der Waals surface area contributed by atoms with E-state index in [4.69, 9.17) is 0 Å². The van der Waals surface area contributed by atoms with E-state index in [9.17, 15) is 8.78 Å². The van der Waals surface area contributed by atoms with Crippen LogP contribution in [0.2, 0.25) is 0 Å². The number of hydrogen-bond donors (Lipinski definition) is 2. The van der Waals surface area contributed by atoms with Crippen LogP contribution in [0.3, 0.4) is 0 Å². The van der Waals surface area contributed by atoms with Crippen molar-refractivity contribution in [2.24, 2.45) is 10.9 Å². The Morgan fingerprint density at radius 2 is 1.90 bits per heavy atom. The molecule has 110 valence electrons. The second kappa shape index (κ2) is 7.22. The fourth-order valence-corrected chi connectivity index (χ4v) is 1.94. The minimum Gasteiger partial charge on any atom is -0.357 e. The molecule has 0 unspecified atom stereocenters. The molecule has 0 saturated heterocycles. The van der Waals surface area contributed by atoms with E-state index < -0.39 is 11.6 Å². The molecular formula is C15H21F2N3. The molecule has 0 radical (unpaired) electrons. The van der Waals surface area contributed by atoms with Crippen molar-refractivity contribution in [3.8, 4) is 0 Å². The maximum absolute atomic E-state index is 13.1. The number of aliphatic imine (C=N–C) groups is 1. The summed E-state index contributed by atoms with van der Waals surface area (Å²) in [6, 6.07) is 3.61. The normalized spacial score (nSPS) is 15.2. The van der Waals surface area contributed by atoms with Crippen LogP contribution in [0, 0.1) is 17.6 Å². The van der Waals surface area contributed by atoms with Gasteiger partial charge in [-0.1, -0.05) is 0 Å². The van der Waals surface area contributed by atoms with E-state index in [1.54, 1.807) is 0 Å². The monoisotopic (exact) mass is 281 g/mol. The fraction of sp³-hybridized carbons (Fsp3) is 0.533. The molecule has 1 aliphatic carbocycles. The third kappa shape index (κ3) is 5.15. The van der Waals surface area contributed by atoms with Crippen LogP contribution in [0.5, 0.6) is 0 Å². The first-order chi connectivity index (χ1) is 9.67. The second-order valence-corrected chi connectivity index (χ2v) is 5.12. The van der Waals surface area contributed by atoms with Gasteiger partial charge < -0.3 is 10.6 Å². The van der Waals surface area contributed by atoms with Gasteiger partial charge in [0.1, 0.15) is 11.6 Å². The van der Waals surface area contributed by atoms with Gasteiger partial charge in [-0.25, -0.2) is 8.78 Å². The van der Waals surface area contributed by atoms with Gasteiger partial charge in [-0.3, -0.25) is 4.99 Å². The highest BCUT2D eigenvalue weighted by molar-refractivity contribution is 5.79. The van der Waals surface area contributed by atoms with Gasteiger partial charge in [-0.2, -0.15) is 0 Å². The van der Waals surface area contributed by atoms with E-state index in [2.05, 4.69) is 15.6 Å². The van der Waals surface area contributed by atoms with Crippen molar-refractivity contribution in [3.05, 3.63) is 35.4 Å². The summed E-state index contributed by atoms with van der Waals surface area (Å²) < 4.78 is 26.1. The molecule has 3 nitrogen and oxygen atoms in total. The standard InChI is InChI=1S/C15H21F2N3/c1-2-18-15(20-10-11-3-4-11)19-6-5-12-7-13(16)9-14(17)8-12/h7-9,11H,2-6,10H2,1H3,(H2,18,19,20). The van der Waals surface area contributed by atoms with Crippen molar-refractivity contribution in [3.63, 3.8) is 0 Å². The van der Waals surface area contributed by atoms with E-state index in [1.165, 1.54) is 25.0 Å². The number of benzene rings is 1. The van der Waals surface area contributed by atoms with Gasteiger partial charge in [0, 0.05) is 25.7 Å². The Labute approximate surface area is 118 Å². The van der Waals surface area contributed by atoms with E-state index in [0.717, 1.165) is 31.0 Å². The zero-order chi connectivity index (χ0) is 14.4. The van der Waals surface area contributed by atoms with Crippen molar-refractivity contribution < 1.29 is 8.78 Å². The van der Waals surface area contributed by atoms with Gasteiger partial charge >= 0.3 is 0 Å². The van der Waals surface area contributed by atoms with Crippen molar-refractivity contribution in [2.45, 2.75) is 26.2 Å². The fourth-order valence-electron chi connectivity index (χ4n) is 1.94. The maximum atomic E-state index is 13.1. The minimum atomic E-state index is -0.533. The maximum Gasteiger partial charge on any atom is 0.191 e. The Hall–Kier alpha value is -1.65. The predicted octanol–water partition coefficient (Wildman–Crippen LogP) is 2.47. The SMILES string of the molecule is CCNC(=NCC1CC1)NCCc1cc(F)cc(F)c1. The summed E-state index contributed by atoms with van der Waals surface area (Å²) in [6.45, 7) is 4.25. The molecule has 5 heteroatoms. The first-order valence-corrected chi connectivity index (χ1v) is 7.14. The Kier molecular flexibility index (Phi) is 5.32. The summed E-state index contributed by atoms with van der Waals surface area (Å²) in [6.07, 6.45) is 3.10. The molecule has 1 fully saturated rings. The zero-order valence-corrected chi connectivity index (χ0v) is 11.8. The van der Waals surface area contributed by atoms with E-state index in [1.807, 2.05) is 6.92 Å². The lowest BCUT2D eigenvalue weighted by Crippen LogP contribution is -2.38. The summed E-state index contributed by atoms with van der Waals surface area (Å²) in [4.78, 5) is 4.49. The second-order valence-electron chi connectivity index (χ2n) is 5.12. The van der Waals surface area contributed by atoms with Gasteiger partial charge in [-0.05, 0) is 49.8 Å². The molecule has 1 aromatic rings. The van der Waals surface area contributed by atoms with Crippen molar-refractivity contribution in [1.82, 2.24) is 10.6 Å². The number of nitrogens with one attached hydrogen (secondary N) is 2. The van der Waals surface area contributed by atoms with E-state index >= 15 is 0 Å². The first kappa shape index (κ1) is 14.8. The van der Waals surface area contributed by atoms with Crippen molar-refractivity contribution in [2.75, 3.05) is 19.6 Å². The zero-order valence-electron chi connectivity index (χ0n) is 11.8. The quantitative estimate of drug-likeness (QED) is 0.621. The summed E-state index contributed by atoms with van der Waals surface area (Å²) in [5.74, 6) is 0.447. The van der Waals surface area contributed by atoms with Gasteiger partial charge in [0.05, 0.1) is 0 Å². The van der Waals surface area contributed by atoms with Crippen LogP contribution in [0.1, 0.15) is 25.3 Å². The van der Waals surface area contributed by atoms with Crippen molar-refractivity contribution in [1.29, 1.82) is 0 Å². The molecule has 0 bridgehead atoms. The summed E-state index contributed by atoms with van der Waals surface area (Å²) in [7, 11) is 0. The highest BCUT2D eigenvalue weighted by atomic mass is 19.1. The van der Waals surface area contributed by atoms with Gasteiger partial charge in [0.25, 0.3) is 0 Å². The molecule has 0 heterocycles. The lowest BCUT2D eigenvalue weighted by Gasteiger charge is -2.11. The number of halogens is 2. The Morgan fingerprint density at radius 1 is 1.20 bits per heavy atom. The smallest absolute Gasteiger partial charge is 0.191 e. The van der Waals surface area contributed by atoms with Crippen LogP contribution in [0.25, 0.3) is 0 Å². The Bertz CT molecular complexity index is 450. The van der Waals surface area contributed by atoms with Crippen LogP contribution < -0.4 is 10.6 Å². The van der Waals surface area contributed by atoms with Crippen LogP contribution >= 0.6 is 0 Å². The molecule has 1 aliphatic rings. The van der Waals surface area contributed by atoms with Crippen molar-refractivity contribution >= 4 is 5.96 Å². The molecule has 0 spiro atoms. The molecule has 0 aliphatic heterocycles. The molecule has 0 amide bonds. The highest BCUT2D eigenvalue weighted by Crippen LogP contribution is 2.28. The largest absolute Gasteiger partial charge is 0.357 e. The summed E-state index contributed by atoms with van der Waals surface area (Å²) in [5.41, 5.74) is 0.646. The topological polar surface area (TPSA) is 36.4 Å². The Balaban J connectivity index is 1.80. The van der Waals surface area contributed by atoms with Crippen LogP contribution in [-0.2, 0) is 6.42 Å². The van der Waals surface area contributed by atoms with E-state index in [-0.39, 0.29) is 0 Å². The van der Waals surface area contributed by atoms with Gasteiger partial charge in [0.2, 0.25) is 0 Å². The molecule has 0 atom stereocenters. The molecule has 20 heavy (non-hydrogen) atoms. The third-order valence-electron chi connectivity index (χ3n) is 3.18. The average molecular weight is 281 g/mol.